The Morgan fingerprint density at radius 2 is 1.37 bits per heavy atom. The Balaban J connectivity index is 1.79. The van der Waals surface area contributed by atoms with Crippen molar-refractivity contribution in [3.63, 3.8) is 0 Å². The molecule has 0 N–H and O–H groups in total. The second kappa shape index (κ2) is 10.9. The zero-order valence-corrected chi connectivity index (χ0v) is 20.7. The summed E-state index contributed by atoms with van der Waals surface area (Å²) in [4.78, 5) is 27.4. The third-order valence-corrected chi connectivity index (χ3v) is 6.67. The van der Waals surface area contributed by atoms with E-state index in [0.29, 0.717) is 17.5 Å². The van der Waals surface area contributed by atoms with Gasteiger partial charge in [0.05, 0.1) is 17.2 Å². The number of hydrogen-bond donors (Lipinski definition) is 0. The van der Waals surface area contributed by atoms with Gasteiger partial charge in [0, 0.05) is 14.2 Å². The van der Waals surface area contributed by atoms with E-state index in [9.17, 15) is 9.59 Å². The fraction of sp³-hybridized carbons (Fsp3) is 0.167. The van der Waals surface area contributed by atoms with Crippen molar-refractivity contribution in [2.24, 2.45) is 0 Å². The predicted molar refractivity (Wildman–Crippen MR) is 135 cm³/mol. The van der Waals surface area contributed by atoms with Crippen molar-refractivity contribution >= 4 is 57.1 Å². The third kappa shape index (κ3) is 5.81. The molecule has 0 saturated carbocycles. The Hall–Kier alpha value is -1.94. The SMILES string of the molecule is CN(C(=O)c1ccccc1I)C(COC(=O)c1ccccc1I)Cc1ccccc1. The molecule has 30 heavy (non-hydrogen) atoms. The van der Waals surface area contributed by atoms with Gasteiger partial charge in [-0.25, -0.2) is 4.79 Å². The molecule has 0 aliphatic rings. The lowest BCUT2D eigenvalue weighted by Gasteiger charge is -2.28. The van der Waals surface area contributed by atoms with Crippen molar-refractivity contribution in [3.05, 3.63) is 103 Å². The lowest BCUT2D eigenvalue weighted by Crippen LogP contribution is -2.42. The lowest BCUT2D eigenvalue weighted by atomic mass is 10.0. The summed E-state index contributed by atoms with van der Waals surface area (Å²) in [5.41, 5.74) is 2.25. The number of nitrogens with zero attached hydrogens (tertiary/aromatic N) is 1. The second-order valence-corrected chi connectivity index (χ2v) is 9.14. The highest BCUT2D eigenvalue weighted by Gasteiger charge is 2.25. The Morgan fingerprint density at radius 3 is 1.97 bits per heavy atom. The highest BCUT2D eigenvalue weighted by atomic mass is 127. The molecule has 0 fully saturated rings. The molecule has 0 aromatic heterocycles. The normalized spacial score (nSPS) is 11.6. The molecular weight excluding hydrogens is 604 g/mol. The summed E-state index contributed by atoms with van der Waals surface area (Å²) in [6, 6.07) is 24.4. The number of ether oxygens (including phenoxy) is 1. The molecule has 0 radical (unpaired) electrons. The number of hydrogen-bond acceptors (Lipinski definition) is 3. The van der Waals surface area contributed by atoms with Crippen LogP contribution in [0.5, 0.6) is 0 Å². The molecule has 0 aliphatic heterocycles. The first-order valence-electron chi connectivity index (χ1n) is 9.44. The van der Waals surface area contributed by atoms with Gasteiger partial charge in [0.1, 0.15) is 6.61 Å². The van der Waals surface area contributed by atoms with Crippen molar-refractivity contribution < 1.29 is 14.3 Å². The van der Waals surface area contributed by atoms with E-state index in [1.165, 1.54) is 0 Å². The van der Waals surface area contributed by atoms with Crippen LogP contribution in [0.4, 0.5) is 0 Å². The molecule has 3 rings (SSSR count). The summed E-state index contributed by atoms with van der Waals surface area (Å²) in [5.74, 6) is -0.473. The highest BCUT2D eigenvalue weighted by molar-refractivity contribution is 14.1. The summed E-state index contributed by atoms with van der Waals surface area (Å²) in [5, 5.41) is 0. The number of carbonyl (C=O) groups is 2. The summed E-state index contributed by atoms with van der Waals surface area (Å²) in [7, 11) is 1.76. The van der Waals surface area contributed by atoms with Crippen LogP contribution in [0.1, 0.15) is 26.3 Å². The van der Waals surface area contributed by atoms with Crippen LogP contribution in [0.2, 0.25) is 0 Å². The molecule has 3 aromatic rings. The first kappa shape index (κ1) is 22.7. The van der Waals surface area contributed by atoms with Gasteiger partial charge >= 0.3 is 5.97 Å². The molecule has 6 heteroatoms. The van der Waals surface area contributed by atoms with Crippen LogP contribution in [0.15, 0.2) is 78.9 Å². The van der Waals surface area contributed by atoms with Crippen LogP contribution in [0, 0.1) is 7.14 Å². The molecule has 0 saturated heterocycles. The Kier molecular flexibility index (Phi) is 8.26. The average Bonchev–Trinajstić information content (AvgIpc) is 2.77. The molecular formula is C24H21I2NO3. The maximum absolute atomic E-state index is 13.1. The number of amides is 1. The van der Waals surface area contributed by atoms with Crippen LogP contribution in [-0.4, -0.2) is 36.5 Å². The van der Waals surface area contributed by atoms with Crippen LogP contribution >= 0.6 is 45.2 Å². The van der Waals surface area contributed by atoms with E-state index in [-0.39, 0.29) is 24.5 Å². The average molecular weight is 625 g/mol. The smallest absolute Gasteiger partial charge is 0.339 e. The standard InChI is InChI=1S/C24H21I2NO3/c1-27(23(28)19-11-5-7-13-21(19)25)18(15-17-9-3-2-4-10-17)16-30-24(29)20-12-6-8-14-22(20)26/h2-14,18H,15-16H2,1H3. The van der Waals surface area contributed by atoms with E-state index in [0.717, 1.165) is 12.7 Å². The lowest BCUT2D eigenvalue weighted by molar-refractivity contribution is 0.0348. The van der Waals surface area contributed by atoms with Crippen LogP contribution in [0.3, 0.4) is 0 Å². The first-order chi connectivity index (χ1) is 14.5. The van der Waals surface area contributed by atoms with Gasteiger partial charge in [0.2, 0.25) is 0 Å². The van der Waals surface area contributed by atoms with Gasteiger partial charge in [-0.05, 0) is 81.4 Å². The largest absolute Gasteiger partial charge is 0.460 e. The van der Waals surface area contributed by atoms with E-state index in [2.05, 4.69) is 45.2 Å². The van der Waals surface area contributed by atoms with Gasteiger partial charge in [-0.1, -0.05) is 54.6 Å². The molecule has 1 amide bonds. The summed E-state index contributed by atoms with van der Waals surface area (Å²) in [6.07, 6.45) is 0.589. The zero-order chi connectivity index (χ0) is 21.5. The van der Waals surface area contributed by atoms with Gasteiger partial charge in [-0.15, -0.1) is 0 Å². The molecule has 1 unspecified atom stereocenters. The number of rotatable bonds is 7. The summed E-state index contributed by atoms with van der Waals surface area (Å²) >= 11 is 4.29. The molecule has 0 heterocycles. The minimum atomic E-state index is -0.381. The van der Waals surface area contributed by atoms with Gasteiger partial charge in [0.25, 0.3) is 5.91 Å². The number of esters is 1. The van der Waals surface area contributed by atoms with E-state index >= 15 is 0 Å². The molecule has 1 atom stereocenters. The third-order valence-electron chi connectivity index (χ3n) is 4.79. The highest BCUT2D eigenvalue weighted by Crippen LogP contribution is 2.18. The summed E-state index contributed by atoms with van der Waals surface area (Å²) < 4.78 is 7.37. The Labute approximate surface area is 203 Å². The Morgan fingerprint density at radius 1 is 0.833 bits per heavy atom. The number of benzene rings is 3. The molecule has 3 aromatic carbocycles. The van der Waals surface area contributed by atoms with E-state index < -0.39 is 0 Å². The minimum Gasteiger partial charge on any atom is -0.460 e. The van der Waals surface area contributed by atoms with Crippen LogP contribution in [-0.2, 0) is 11.2 Å². The van der Waals surface area contributed by atoms with Crippen molar-refractivity contribution in [3.8, 4) is 0 Å². The van der Waals surface area contributed by atoms with Crippen LogP contribution in [0.25, 0.3) is 0 Å². The fourth-order valence-electron chi connectivity index (χ4n) is 3.06. The number of halogens is 2. The van der Waals surface area contributed by atoms with Gasteiger partial charge in [-0.3, -0.25) is 4.79 Å². The molecule has 154 valence electrons. The van der Waals surface area contributed by atoms with E-state index in [1.54, 1.807) is 18.0 Å². The topological polar surface area (TPSA) is 46.6 Å². The zero-order valence-electron chi connectivity index (χ0n) is 16.4. The molecule has 0 spiro atoms. The van der Waals surface area contributed by atoms with Crippen molar-refractivity contribution in [2.45, 2.75) is 12.5 Å². The van der Waals surface area contributed by atoms with E-state index in [1.807, 2.05) is 72.8 Å². The maximum atomic E-state index is 13.1. The van der Waals surface area contributed by atoms with Crippen molar-refractivity contribution in [1.82, 2.24) is 4.90 Å². The minimum absolute atomic E-state index is 0.0914. The first-order valence-corrected chi connectivity index (χ1v) is 11.6. The van der Waals surface area contributed by atoms with Gasteiger partial charge < -0.3 is 9.64 Å². The maximum Gasteiger partial charge on any atom is 0.339 e. The van der Waals surface area contributed by atoms with Gasteiger partial charge in [0.15, 0.2) is 0 Å². The van der Waals surface area contributed by atoms with E-state index in [4.69, 9.17) is 4.74 Å². The molecule has 4 nitrogen and oxygen atoms in total. The molecule has 0 bridgehead atoms. The van der Waals surface area contributed by atoms with Crippen molar-refractivity contribution in [2.75, 3.05) is 13.7 Å². The predicted octanol–water partition coefficient (Wildman–Crippen LogP) is 5.44. The number of carbonyl (C=O) groups excluding carboxylic acids is 2. The molecule has 0 aliphatic carbocycles. The number of likely N-dealkylation sites (N-methyl/N-ethyl adjacent to an activating group) is 1. The monoisotopic (exact) mass is 625 g/mol. The van der Waals surface area contributed by atoms with Crippen LogP contribution < -0.4 is 0 Å². The Bertz CT molecular complexity index is 1020. The van der Waals surface area contributed by atoms with Gasteiger partial charge in [-0.2, -0.15) is 0 Å². The second-order valence-electron chi connectivity index (χ2n) is 6.82. The quantitative estimate of drug-likeness (QED) is 0.260. The summed E-state index contributed by atoms with van der Waals surface area (Å²) in [6.45, 7) is 0.115. The van der Waals surface area contributed by atoms with Crippen molar-refractivity contribution in [1.29, 1.82) is 0 Å². The fourth-order valence-corrected chi connectivity index (χ4v) is 4.29.